The molecule has 0 spiro atoms. The summed E-state index contributed by atoms with van der Waals surface area (Å²) >= 11 is 3.21. The molecule has 0 aliphatic carbocycles. The van der Waals surface area contributed by atoms with Crippen molar-refractivity contribution in [2.24, 2.45) is 14.1 Å². The van der Waals surface area contributed by atoms with Gasteiger partial charge in [-0.25, -0.2) is 29.3 Å². The standard InChI is InChI=1S/2C18H15P.C17H15N7O.C13H10BrN5O.C10H17BN2O2.CH4.2ClH.Pd/c2*1-4-10-16(11-5-1)19(17-12-6-2-7-13-17)18-14-8-3-9-15-18;1-23-10-13(7-19-23)14-8-18-16-17(20-14)24(22-21-16)9-11-2-3-15-12(6-11)4-5-25-15;14-11-6-15-12-13(16-11)19(18-17-12)7-8-1-2-10-9(5-8)3-4-20-10;1-9(2)10(3,4)15-11(14-9)8-6-12-13(5)7-8;;;;/h2*1-15H;2-3,6-8,10H,4-5,9H2,1H3;1-2,5-6H,3-4,7H2;6-7H,1-5H3;1H4;2*1H;/q;;;;;;;;+2/p-2. The molecule has 18 nitrogen and oxygen atoms in total. The Labute approximate surface area is 622 Å². The molecule has 17 rings (SSSR count). The molecule has 0 atom stereocenters. The van der Waals surface area contributed by atoms with Crippen LogP contribution >= 0.6 is 50.8 Å². The summed E-state index contributed by atoms with van der Waals surface area (Å²) in [5.41, 5.74) is 9.29. The van der Waals surface area contributed by atoms with Crippen molar-refractivity contribution in [1.82, 2.24) is 69.5 Å². The molecule has 9 heterocycles. The Morgan fingerprint density at radius 2 is 0.863 bits per heavy atom. The number of hydrogen-bond donors (Lipinski definition) is 0. The first-order valence-electron chi connectivity index (χ1n) is 32.5. The smallest absolute Gasteiger partial charge is 0.0134 e. The maximum absolute atomic E-state index is 5.89. The molecule has 14 aromatic rings. The van der Waals surface area contributed by atoms with Crippen LogP contribution in [0.25, 0.3) is 33.8 Å². The molecule has 3 aliphatic rings. The van der Waals surface area contributed by atoms with Crippen molar-refractivity contribution in [2.75, 3.05) is 13.2 Å². The number of ether oxygens (including phenoxy) is 2. The van der Waals surface area contributed by atoms with Gasteiger partial charge < -0.3 is 18.8 Å². The van der Waals surface area contributed by atoms with Gasteiger partial charge in [0, 0.05) is 56.6 Å². The normalized spacial score (nSPS) is 13.5. The zero-order valence-corrected chi connectivity index (χ0v) is 62.7. The van der Waals surface area contributed by atoms with Crippen LogP contribution in [0, 0.1) is 0 Å². The van der Waals surface area contributed by atoms with E-state index in [2.05, 4.69) is 267 Å². The van der Waals surface area contributed by atoms with Crippen LogP contribution in [0.1, 0.15) is 57.4 Å². The Morgan fingerprint density at radius 3 is 1.24 bits per heavy atom. The van der Waals surface area contributed by atoms with Crippen LogP contribution in [0.5, 0.6) is 11.5 Å². The predicted molar refractivity (Wildman–Crippen MR) is 413 cm³/mol. The van der Waals surface area contributed by atoms with E-state index in [1.54, 1.807) is 43.5 Å². The van der Waals surface area contributed by atoms with Gasteiger partial charge in [0.25, 0.3) is 0 Å². The van der Waals surface area contributed by atoms with E-state index in [-0.39, 0.29) is 41.7 Å². The zero-order valence-electron chi connectivity index (χ0n) is 56.3. The van der Waals surface area contributed by atoms with Gasteiger partial charge in [0.1, 0.15) is 16.1 Å². The summed E-state index contributed by atoms with van der Waals surface area (Å²) in [5.74, 6) is 1.96. The fourth-order valence-corrected chi connectivity index (χ4v) is 16.2. The first-order valence-corrected chi connectivity index (χ1v) is 40.0. The molecule has 0 saturated carbocycles. The van der Waals surface area contributed by atoms with E-state index in [1.807, 2.05) is 72.4 Å². The van der Waals surface area contributed by atoms with E-state index in [9.17, 15) is 0 Å². The molecule has 0 radical (unpaired) electrons. The van der Waals surface area contributed by atoms with Gasteiger partial charge in [-0.15, -0.1) is 10.2 Å². The minimum Gasteiger partial charge on any atom is -0.0622 e. The van der Waals surface area contributed by atoms with Crippen LogP contribution in [0.4, 0.5) is 0 Å². The van der Waals surface area contributed by atoms with E-state index < -0.39 is 15.8 Å². The number of aromatic nitrogens is 14. The molecule has 8 aromatic carbocycles. The van der Waals surface area contributed by atoms with Gasteiger partial charge in [-0.3, -0.25) is 9.36 Å². The summed E-state index contributed by atoms with van der Waals surface area (Å²) in [6.07, 6.45) is 12.6. The second-order valence-electron chi connectivity index (χ2n) is 24.5. The number of benzene rings is 8. The Balaban J connectivity index is 0.000000128. The predicted octanol–water partition coefficient (Wildman–Crippen LogP) is 13.2. The first-order chi connectivity index (χ1) is 49.2. The quantitative estimate of drug-likeness (QED) is 0.0831. The van der Waals surface area contributed by atoms with Gasteiger partial charge in [0.05, 0.1) is 61.8 Å². The molecule has 0 amide bonds. The summed E-state index contributed by atoms with van der Waals surface area (Å²) in [5, 5.41) is 33.2. The van der Waals surface area contributed by atoms with Crippen LogP contribution in [0.2, 0.25) is 0 Å². The van der Waals surface area contributed by atoms with Gasteiger partial charge in [0.2, 0.25) is 11.3 Å². The summed E-state index contributed by atoms with van der Waals surface area (Å²) < 4.78 is 30.5. The molecular weight excluding hydrogens is 1510 g/mol. The van der Waals surface area contributed by atoms with Crippen molar-refractivity contribution in [3.8, 4) is 22.8 Å². The van der Waals surface area contributed by atoms with Crippen molar-refractivity contribution in [1.29, 1.82) is 0 Å². The largest absolute Gasteiger partial charge is 0.0622 e. The molecular formula is C77H76BBrCl2N14O4P2Pd. The van der Waals surface area contributed by atoms with Crippen LogP contribution in [-0.4, -0.2) is 101 Å². The third kappa shape index (κ3) is 18.9. The van der Waals surface area contributed by atoms with Crippen molar-refractivity contribution in [3.63, 3.8) is 0 Å². The summed E-state index contributed by atoms with van der Waals surface area (Å²) in [7, 11) is 12.2. The van der Waals surface area contributed by atoms with E-state index >= 15 is 0 Å². The summed E-state index contributed by atoms with van der Waals surface area (Å²) in [4.78, 5) is 17.6. The molecule has 1 fully saturated rings. The minimum absolute atomic E-state index is 0. The third-order valence-electron chi connectivity index (χ3n) is 16.9. The molecule has 6 aromatic heterocycles. The van der Waals surface area contributed by atoms with Crippen molar-refractivity contribution in [2.45, 2.75) is 72.3 Å². The maximum Gasteiger partial charge on any atom is -0.0134 e. The number of hydrogen-bond acceptors (Lipinski definition) is 14. The average Bonchev–Trinajstić information content (AvgIpc) is 1.50. The Morgan fingerprint density at radius 1 is 0.490 bits per heavy atom. The van der Waals surface area contributed by atoms with E-state index in [1.165, 1.54) is 43.0 Å². The van der Waals surface area contributed by atoms with E-state index in [4.69, 9.17) is 37.8 Å². The first kappa shape index (κ1) is 74.5. The van der Waals surface area contributed by atoms with Crippen LogP contribution in [0.3, 0.4) is 0 Å². The molecule has 522 valence electrons. The second-order valence-corrected chi connectivity index (χ2v) is 32.1. The molecule has 0 bridgehead atoms. The topological polar surface area (TPSA) is 186 Å². The van der Waals surface area contributed by atoms with Crippen LogP contribution < -0.4 is 46.8 Å². The maximum atomic E-state index is 5.89. The summed E-state index contributed by atoms with van der Waals surface area (Å²) in [6.45, 7) is 10.9. The molecule has 0 N–H and O–H groups in total. The van der Waals surface area contributed by atoms with Crippen molar-refractivity contribution in [3.05, 3.63) is 282 Å². The monoisotopic (exact) mass is 1590 g/mol. The van der Waals surface area contributed by atoms with Gasteiger partial charge in [0.15, 0.2) is 11.3 Å². The van der Waals surface area contributed by atoms with Crippen LogP contribution in [-0.2, 0) is 65.3 Å². The second kappa shape index (κ2) is 35.5. The zero-order chi connectivity index (χ0) is 70.1. The fourth-order valence-electron chi connectivity index (χ4n) is 11.3. The van der Waals surface area contributed by atoms with Gasteiger partial charge >= 0.3 is 42.1 Å². The SMILES string of the molecule is Brc1cnc2nnn(Cc3ccc4c(c3)CCO4)c2n1.C.Cn1cc(-c2cnc3nnn(Cc4ccc5c(c4)CCO5)c3n2)cn1.Cn1cc(B2OC(C)(C)C(C)(C)O2)cn1.[Cl][Pd][Cl].c1ccc(P(c2ccccc2)c2ccccc2)cc1.c1ccc(P(c2ccccc2)c2ccccc2)cc1. The summed E-state index contributed by atoms with van der Waals surface area (Å²) in [6, 6.07) is 77.1. The minimum atomic E-state index is -0.446. The number of rotatable bonds is 12. The number of nitrogens with zero attached hydrogens (tertiary/aromatic N) is 14. The Hall–Kier alpha value is -8.69. The van der Waals surface area contributed by atoms with E-state index in [0.29, 0.717) is 40.3 Å². The van der Waals surface area contributed by atoms with E-state index in [0.717, 1.165) is 65.4 Å². The molecule has 3 aliphatic heterocycles. The number of fused-ring (bicyclic) bond motifs is 4. The molecule has 102 heavy (non-hydrogen) atoms. The average molecular weight is 1590 g/mol. The molecule has 25 heteroatoms. The Kier molecular flexibility index (Phi) is 25.9. The third-order valence-corrected chi connectivity index (χ3v) is 22.2. The van der Waals surface area contributed by atoms with Gasteiger partial charge in [-0.2, -0.15) is 10.2 Å². The van der Waals surface area contributed by atoms with Crippen molar-refractivity contribution < 1.29 is 34.7 Å². The molecule has 1 saturated heterocycles. The number of halogens is 3. The van der Waals surface area contributed by atoms with Crippen LogP contribution in [0.15, 0.2) is 260 Å². The van der Waals surface area contributed by atoms with Crippen molar-refractivity contribution >= 4 is 118 Å². The van der Waals surface area contributed by atoms with Gasteiger partial charge in [-0.1, -0.05) is 224 Å². The number of aryl methyl sites for hydroxylation is 2. The molecule has 0 unspecified atom stereocenters. The fraction of sp³-hybridized carbons (Fsp3) is 0.195. The Bertz CT molecular complexity index is 4640. The van der Waals surface area contributed by atoms with Gasteiger partial charge in [-0.05, 0) is 126 Å².